The number of nitrogens with two attached hydrogens (primary N) is 1. The maximum Gasteiger partial charge on any atom is 0.397 e. The molecule has 0 amide bonds. The lowest BCUT2D eigenvalue weighted by Crippen LogP contribution is -2.40. The van der Waals surface area contributed by atoms with E-state index >= 15 is 0 Å². The van der Waals surface area contributed by atoms with Crippen LogP contribution in [0.3, 0.4) is 0 Å². The fourth-order valence-corrected chi connectivity index (χ4v) is 1.54. The molecule has 104 valence electrons. The molecule has 0 aliphatic rings. The smallest absolute Gasteiger partial charge is 0.395 e. The van der Waals surface area contributed by atoms with E-state index in [4.69, 9.17) is 10.8 Å². The summed E-state index contributed by atoms with van der Waals surface area (Å²) >= 11 is 0. The van der Waals surface area contributed by atoms with Crippen molar-refractivity contribution in [2.45, 2.75) is 18.1 Å². The second-order valence-corrected chi connectivity index (χ2v) is 3.57. The minimum Gasteiger partial charge on any atom is -0.395 e. The summed E-state index contributed by atoms with van der Waals surface area (Å²) < 4.78 is 63.7. The van der Waals surface area contributed by atoms with E-state index in [1.54, 1.807) is 0 Å². The average molecular weight is 292 g/mol. The van der Waals surface area contributed by atoms with Crippen molar-refractivity contribution in [1.82, 2.24) is 0 Å². The van der Waals surface area contributed by atoms with Gasteiger partial charge in [-0.15, -0.1) is 12.4 Å². The molecule has 0 unspecified atom stereocenters. The molecule has 0 aliphatic heterocycles. The van der Waals surface area contributed by atoms with Gasteiger partial charge in [-0.05, 0) is 17.7 Å². The maximum absolute atomic E-state index is 12.8. The van der Waals surface area contributed by atoms with Gasteiger partial charge in [-0.25, -0.2) is 8.78 Å². The standard InChI is InChI=1S/C10H10F5NO.ClH/c11-6-1-5(2-7(12)3-6)9(8(16)4-17)10(13,14)15;/h1-3,8-9,17H,4,16H2;1H/t8-,9-;/m1./s1. The molecule has 3 N–H and O–H groups in total. The summed E-state index contributed by atoms with van der Waals surface area (Å²) in [6, 6.07) is -0.106. The van der Waals surface area contributed by atoms with E-state index in [9.17, 15) is 22.0 Å². The molecule has 0 bridgehead atoms. The second-order valence-electron chi connectivity index (χ2n) is 3.57. The highest BCUT2D eigenvalue weighted by Gasteiger charge is 2.44. The number of aliphatic hydroxyl groups is 1. The third kappa shape index (κ3) is 4.08. The molecular weight excluding hydrogens is 281 g/mol. The minimum atomic E-state index is -4.79. The van der Waals surface area contributed by atoms with Crippen LogP contribution in [0.25, 0.3) is 0 Å². The third-order valence-electron chi connectivity index (χ3n) is 2.24. The van der Waals surface area contributed by atoms with E-state index in [0.717, 1.165) is 0 Å². The van der Waals surface area contributed by atoms with Gasteiger partial charge in [-0.1, -0.05) is 0 Å². The monoisotopic (exact) mass is 291 g/mol. The Morgan fingerprint density at radius 2 is 1.56 bits per heavy atom. The van der Waals surface area contributed by atoms with E-state index in [0.29, 0.717) is 18.2 Å². The Bertz CT molecular complexity index is 378. The van der Waals surface area contributed by atoms with Gasteiger partial charge in [0.25, 0.3) is 0 Å². The average Bonchev–Trinajstić information content (AvgIpc) is 2.13. The van der Waals surface area contributed by atoms with Gasteiger partial charge >= 0.3 is 6.18 Å². The predicted molar refractivity (Wildman–Crippen MR) is 57.5 cm³/mol. The Labute approximate surface area is 106 Å². The Morgan fingerprint density at radius 1 is 1.11 bits per heavy atom. The molecule has 18 heavy (non-hydrogen) atoms. The molecule has 0 radical (unpaired) electrons. The van der Waals surface area contributed by atoms with Crippen LogP contribution in [-0.2, 0) is 0 Å². The number of hydrogen-bond donors (Lipinski definition) is 2. The summed E-state index contributed by atoms with van der Waals surface area (Å²) in [5.74, 6) is -4.56. The van der Waals surface area contributed by atoms with Gasteiger partial charge < -0.3 is 10.8 Å². The molecule has 1 rings (SSSR count). The van der Waals surface area contributed by atoms with Gasteiger partial charge in [0.15, 0.2) is 0 Å². The number of aliphatic hydroxyl groups excluding tert-OH is 1. The van der Waals surface area contributed by atoms with Crippen molar-refractivity contribution in [2.24, 2.45) is 5.73 Å². The zero-order valence-corrected chi connectivity index (χ0v) is 9.73. The van der Waals surface area contributed by atoms with E-state index in [1.165, 1.54) is 0 Å². The van der Waals surface area contributed by atoms with E-state index in [-0.39, 0.29) is 12.4 Å². The topological polar surface area (TPSA) is 46.2 Å². The van der Waals surface area contributed by atoms with Gasteiger partial charge in [0.1, 0.15) is 11.6 Å². The lowest BCUT2D eigenvalue weighted by atomic mass is 9.91. The van der Waals surface area contributed by atoms with Crippen LogP contribution in [0.1, 0.15) is 11.5 Å². The van der Waals surface area contributed by atoms with Gasteiger partial charge in [0.05, 0.1) is 12.5 Å². The van der Waals surface area contributed by atoms with Crippen LogP contribution in [0.2, 0.25) is 0 Å². The van der Waals surface area contributed by atoms with Gasteiger partial charge in [0, 0.05) is 12.1 Å². The lowest BCUT2D eigenvalue weighted by Gasteiger charge is -2.25. The van der Waals surface area contributed by atoms with Crippen LogP contribution in [0.5, 0.6) is 0 Å². The quantitative estimate of drug-likeness (QED) is 0.840. The SMILES string of the molecule is Cl.N[C@H](CO)[C@@H](c1cc(F)cc(F)c1)C(F)(F)F. The van der Waals surface area contributed by atoms with E-state index < -0.39 is 41.9 Å². The van der Waals surface area contributed by atoms with E-state index in [1.807, 2.05) is 0 Å². The number of halogens is 6. The fraction of sp³-hybridized carbons (Fsp3) is 0.400. The summed E-state index contributed by atoms with van der Waals surface area (Å²) in [7, 11) is 0. The number of benzene rings is 1. The summed E-state index contributed by atoms with van der Waals surface area (Å²) in [6.07, 6.45) is -4.79. The molecule has 0 spiro atoms. The molecule has 0 aliphatic carbocycles. The molecule has 1 aromatic rings. The highest BCUT2D eigenvalue weighted by atomic mass is 35.5. The van der Waals surface area contributed by atoms with Crippen molar-refractivity contribution in [1.29, 1.82) is 0 Å². The third-order valence-corrected chi connectivity index (χ3v) is 2.24. The Morgan fingerprint density at radius 3 is 1.89 bits per heavy atom. The lowest BCUT2D eigenvalue weighted by molar-refractivity contribution is -0.157. The van der Waals surface area contributed by atoms with Crippen molar-refractivity contribution in [2.75, 3.05) is 6.61 Å². The number of hydrogen-bond acceptors (Lipinski definition) is 2. The molecule has 0 heterocycles. The molecule has 0 fully saturated rings. The summed E-state index contributed by atoms with van der Waals surface area (Å²) in [6.45, 7) is -0.942. The number of alkyl halides is 3. The Kier molecular flexibility index (Phi) is 5.98. The van der Waals surface area contributed by atoms with Crippen molar-refractivity contribution >= 4 is 12.4 Å². The zero-order valence-electron chi connectivity index (χ0n) is 8.92. The number of rotatable bonds is 3. The van der Waals surface area contributed by atoms with Crippen molar-refractivity contribution < 1.29 is 27.1 Å². The first kappa shape index (κ1) is 17.1. The highest BCUT2D eigenvalue weighted by Crippen LogP contribution is 2.37. The minimum absolute atomic E-state index is 0. The van der Waals surface area contributed by atoms with Crippen LogP contribution in [-0.4, -0.2) is 23.9 Å². The first-order valence-electron chi connectivity index (χ1n) is 4.65. The molecule has 0 saturated heterocycles. The molecule has 2 nitrogen and oxygen atoms in total. The molecule has 2 atom stereocenters. The van der Waals surface area contributed by atoms with Gasteiger partial charge in [-0.3, -0.25) is 0 Å². The molecule has 8 heteroatoms. The van der Waals surface area contributed by atoms with Crippen LogP contribution >= 0.6 is 12.4 Å². The van der Waals surface area contributed by atoms with Crippen molar-refractivity contribution in [3.63, 3.8) is 0 Å². The Hall–Kier alpha value is -0.920. The van der Waals surface area contributed by atoms with Gasteiger partial charge in [-0.2, -0.15) is 13.2 Å². The summed E-state index contributed by atoms with van der Waals surface area (Å²) in [5.41, 5.74) is 4.48. The van der Waals surface area contributed by atoms with Crippen LogP contribution < -0.4 is 5.73 Å². The summed E-state index contributed by atoms with van der Waals surface area (Å²) in [5, 5.41) is 8.66. The first-order valence-corrected chi connectivity index (χ1v) is 4.65. The molecular formula is C10H11ClF5NO. The van der Waals surface area contributed by atoms with Crippen LogP contribution in [0, 0.1) is 11.6 Å². The molecule has 0 saturated carbocycles. The van der Waals surface area contributed by atoms with Crippen LogP contribution in [0.4, 0.5) is 22.0 Å². The summed E-state index contributed by atoms with van der Waals surface area (Å²) in [4.78, 5) is 0. The van der Waals surface area contributed by atoms with Crippen molar-refractivity contribution in [3.05, 3.63) is 35.4 Å². The second kappa shape index (κ2) is 6.31. The Balaban J connectivity index is 0.00000289. The fourth-order valence-electron chi connectivity index (χ4n) is 1.54. The first-order chi connectivity index (χ1) is 7.75. The molecule has 1 aromatic carbocycles. The largest absolute Gasteiger partial charge is 0.397 e. The van der Waals surface area contributed by atoms with E-state index in [2.05, 4.69) is 0 Å². The normalized spacial score (nSPS) is 14.8. The maximum atomic E-state index is 12.8. The van der Waals surface area contributed by atoms with Crippen molar-refractivity contribution in [3.8, 4) is 0 Å². The highest BCUT2D eigenvalue weighted by molar-refractivity contribution is 5.85. The van der Waals surface area contributed by atoms with Crippen LogP contribution in [0.15, 0.2) is 18.2 Å². The zero-order chi connectivity index (χ0) is 13.2. The predicted octanol–water partition coefficient (Wildman–Crippen LogP) is 2.35. The van der Waals surface area contributed by atoms with Gasteiger partial charge in [0.2, 0.25) is 0 Å². The molecule has 0 aromatic heterocycles.